The molecule has 1 N–H and O–H groups in total. The fourth-order valence-electron chi connectivity index (χ4n) is 2.13. The van der Waals surface area contributed by atoms with Crippen LogP contribution >= 0.6 is 11.6 Å². The molecule has 2 rings (SSSR count). The van der Waals surface area contributed by atoms with Crippen molar-refractivity contribution < 1.29 is 4.92 Å². The highest BCUT2D eigenvalue weighted by atomic mass is 35.5. The molecule has 98 valence electrons. The first-order valence-corrected chi connectivity index (χ1v) is 6.68. The molecular weight excluding hydrogens is 252 g/mol. The van der Waals surface area contributed by atoms with Gasteiger partial charge in [0.25, 0.3) is 5.69 Å². The number of nitrogens with one attached hydrogen (secondary N) is 1. The molecule has 0 saturated heterocycles. The highest BCUT2D eigenvalue weighted by Gasteiger charge is 2.16. The Bertz CT molecular complexity index is 433. The lowest BCUT2D eigenvalue weighted by Crippen LogP contribution is -2.21. The molecule has 0 aliphatic heterocycles. The summed E-state index contributed by atoms with van der Waals surface area (Å²) >= 11 is 5.76. The molecule has 0 bridgehead atoms. The zero-order valence-electron chi connectivity index (χ0n) is 10.2. The number of nitro groups is 1. The van der Waals surface area contributed by atoms with E-state index in [0.717, 1.165) is 18.0 Å². The second-order valence-corrected chi connectivity index (χ2v) is 5.21. The van der Waals surface area contributed by atoms with Crippen LogP contribution in [-0.4, -0.2) is 11.5 Å². The Morgan fingerprint density at radius 2 is 2.22 bits per heavy atom. The Labute approximate surface area is 111 Å². The number of nitrogens with zero attached hydrogens (tertiary/aromatic N) is 1. The fourth-order valence-corrected chi connectivity index (χ4v) is 2.32. The summed E-state index contributed by atoms with van der Waals surface area (Å²) in [4.78, 5) is 10.3. The van der Waals surface area contributed by atoms with E-state index in [2.05, 4.69) is 5.32 Å². The van der Waals surface area contributed by atoms with E-state index < -0.39 is 4.92 Å². The molecule has 5 heteroatoms. The summed E-state index contributed by atoms with van der Waals surface area (Å²) < 4.78 is 0. The van der Waals surface area contributed by atoms with Crippen LogP contribution in [0.4, 0.5) is 5.69 Å². The topological polar surface area (TPSA) is 55.2 Å². The van der Waals surface area contributed by atoms with Gasteiger partial charge in [0.15, 0.2) is 0 Å². The fraction of sp³-hybridized carbons (Fsp3) is 0.538. The van der Waals surface area contributed by atoms with Crippen molar-refractivity contribution in [2.75, 3.05) is 6.54 Å². The number of benzene rings is 1. The minimum absolute atomic E-state index is 0.0186. The van der Waals surface area contributed by atoms with Crippen LogP contribution in [0.3, 0.4) is 0 Å². The van der Waals surface area contributed by atoms with Gasteiger partial charge in [0, 0.05) is 12.6 Å². The molecule has 1 aromatic carbocycles. The number of hydrogen-bond acceptors (Lipinski definition) is 3. The molecule has 1 saturated carbocycles. The van der Waals surface area contributed by atoms with Crippen molar-refractivity contribution in [3.05, 3.63) is 38.9 Å². The van der Waals surface area contributed by atoms with Crippen molar-refractivity contribution in [2.24, 2.45) is 5.92 Å². The Morgan fingerprint density at radius 3 is 2.83 bits per heavy atom. The summed E-state index contributed by atoms with van der Waals surface area (Å²) in [7, 11) is 0. The summed E-state index contributed by atoms with van der Waals surface area (Å²) in [6, 6.07) is 4.95. The summed E-state index contributed by atoms with van der Waals surface area (Å²) in [5.41, 5.74) is 0.884. The van der Waals surface area contributed by atoms with Crippen LogP contribution in [0.15, 0.2) is 18.2 Å². The molecule has 0 unspecified atom stereocenters. The lowest BCUT2D eigenvalue weighted by Gasteiger charge is -2.25. The molecule has 1 fully saturated rings. The third-order valence-corrected chi connectivity index (χ3v) is 3.81. The third-order valence-electron chi connectivity index (χ3n) is 3.49. The second-order valence-electron chi connectivity index (χ2n) is 4.81. The first kappa shape index (κ1) is 13.3. The molecule has 1 aliphatic carbocycles. The summed E-state index contributed by atoms with van der Waals surface area (Å²) in [6.07, 6.45) is 5.28. The molecule has 18 heavy (non-hydrogen) atoms. The van der Waals surface area contributed by atoms with Crippen molar-refractivity contribution in [1.82, 2.24) is 5.32 Å². The van der Waals surface area contributed by atoms with Crippen molar-refractivity contribution in [3.63, 3.8) is 0 Å². The van der Waals surface area contributed by atoms with Gasteiger partial charge in [-0.2, -0.15) is 0 Å². The van der Waals surface area contributed by atoms with Crippen LogP contribution in [0.2, 0.25) is 5.02 Å². The average molecular weight is 269 g/mol. The van der Waals surface area contributed by atoms with Gasteiger partial charge < -0.3 is 5.32 Å². The van der Waals surface area contributed by atoms with Gasteiger partial charge in [0.05, 0.1) is 4.92 Å². The molecule has 0 radical (unpaired) electrons. The van der Waals surface area contributed by atoms with Gasteiger partial charge in [0.2, 0.25) is 0 Å². The molecule has 1 aliphatic rings. The van der Waals surface area contributed by atoms with E-state index in [-0.39, 0.29) is 10.7 Å². The highest BCUT2D eigenvalue weighted by molar-refractivity contribution is 6.32. The monoisotopic (exact) mass is 268 g/mol. The van der Waals surface area contributed by atoms with Crippen LogP contribution in [-0.2, 0) is 6.54 Å². The Morgan fingerprint density at radius 1 is 1.44 bits per heavy atom. The largest absolute Gasteiger partial charge is 0.313 e. The molecule has 4 nitrogen and oxygen atoms in total. The summed E-state index contributed by atoms with van der Waals surface area (Å²) in [5.74, 6) is 0.886. The van der Waals surface area contributed by atoms with Gasteiger partial charge in [-0.3, -0.25) is 10.1 Å². The van der Waals surface area contributed by atoms with Crippen LogP contribution in [0.25, 0.3) is 0 Å². The minimum Gasteiger partial charge on any atom is -0.313 e. The van der Waals surface area contributed by atoms with Gasteiger partial charge in [-0.15, -0.1) is 0 Å². The number of rotatable bonds is 6. The van der Waals surface area contributed by atoms with Crippen molar-refractivity contribution >= 4 is 17.3 Å². The van der Waals surface area contributed by atoms with E-state index in [4.69, 9.17) is 11.6 Å². The zero-order chi connectivity index (χ0) is 13.0. The number of nitro benzene ring substituents is 1. The van der Waals surface area contributed by atoms with Gasteiger partial charge in [-0.25, -0.2) is 0 Å². The van der Waals surface area contributed by atoms with E-state index in [9.17, 15) is 10.1 Å². The van der Waals surface area contributed by atoms with Crippen molar-refractivity contribution in [2.45, 2.75) is 32.2 Å². The van der Waals surface area contributed by atoms with E-state index >= 15 is 0 Å². The maximum Gasteiger partial charge on any atom is 0.288 e. The maximum atomic E-state index is 10.7. The lowest BCUT2D eigenvalue weighted by molar-refractivity contribution is -0.384. The number of halogens is 1. The second kappa shape index (κ2) is 6.16. The Hall–Kier alpha value is -1.13. The molecule has 0 atom stereocenters. The van der Waals surface area contributed by atoms with E-state index in [1.165, 1.54) is 25.7 Å². The first-order valence-electron chi connectivity index (χ1n) is 6.30. The molecule has 0 amide bonds. The van der Waals surface area contributed by atoms with Crippen LogP contribution < -0.4 is 5.32 Å². The summed E-state index contributed by atoms with van der Waals surface area (Å²) in [6.45, 7) is 1.63. The van der Waals surface area contributed by atoms with E-state index in [1.54, 1.807) is 12.1 Å². The summed E-state index contributed by atoms with van der Waals surface area (Å²) in [5, 5.41) is 14.3. The van der Waals surface area contributed by atoms with Crippen molar-refractivity contribution in [1.29, 1.82) is 0 Å². The Kier molecular flexibility index (Phi) is 4.55. The lowest BCUT2D eigenvalue weighted by atomic mass is 9.83. The third kappa shape index (κ3) is 3.43. The quantitative estimate of drug-likeness (QED) is 0.488. The smallest absolute Gasteiger partial charge is 0.288 e. The SMILES string of the molecule is O=[N+]([O-])c1cc(CNCCC2CCC2)ccc1Cl. The minimum atomic E-state index is -0.444. The van der Waals surface area contributed by atoms with E-state index in [0.29, 0.717) is 6.54 Å². The normalized spacial score (nSPS) is 15.4. The van der Waals surface area contributed by atoms with Crippen LogP contribution in [0, 0.1) is 16.0 Å². The molecular formula is C13H17ClN2O2. The average Bonchev–Trinajstić information content (AvgIpc) is 2.28. The van der Waals surface area contributed by atoms with Gasteiger partial charge in [-0.05, 0) is 30.5 Å². The van der Waals surface area contributed by atoms with Gasteiger partial charge in [0.1, 0.15) is 5.02 Å². The molecule has 1 aromatic rings. The van der Waals surface area contributed by atoms with E-state index in [1.807, 2.05) is 6.07 Å². The molecule has 0 heterocycles. The van der Waals surface area contributed by atoms with Gasteiger partial charge in [-0.1, -0.05) is 36.9 Å². The maximum absolute atomic E-state index is 10.7. The Balaban J connectivity index is 1.81. The van der Waals surface area contributed by atoms with Crippen LogP contribution in [0.1, 0.15) is 31.2 Å². The first-order chi connectivity index (χ1) is 8.66. The molecule has 0 aromatic heterocycles. The molecule has 0 spiro atoms. The number of hydrogen-bond donors (Lipinski definition) is 1. The van der Waals surface area contributed by atoms with Crippen LogP contribution in [0.5, 0.6) is 0 Å². The van der Waals surface area contributed by atoms with Crippen molar-refractivity contribution in [3.8, 4) is 0 Å². The zero-order valence-corrected chi connectivity index (χ0v) is 10.9. The predicted octanol–water partition coefficient (Wildman–Crippen LogP) is 3.53. The predicted molar refractivity (Wildman–Crippen MR) is 71.8 cm³/mol. The highest BCUT2D eigenvalue weighted by Crippen LogP contribution is 2.29. The standard InChI is InChI=1S/C13H17ClN2O2/c14-12-5-4-11(8-13(12)16(17)18)9-15-7-6-10-2-1-3-10/h4-5,8,10,15H,1-3,6-7,9H2. The van der Waals surface area contributed by atoms with Gasteiger partial charge >= 0.3 is 0 Å².